The summed E-state index contributed by atoms with van der Waals surface area (Å²) in [5.41, 5.74) is 1.53. The Kier molecular flexibility index (Phi) is 4.50. The van der Waals surface area contributed by atoms with Gasteiger partial charge in [0.15, 0.2) is 0 Å². The van der Waals surface area contributed by atoms with E-state index in [9.17, 15) is 9.50 Å². The second-order valence-electron chi connectivity index (χ2n) is 3.98. The second kappa shape index (κ2) is 6.12. The van der Waals surface area contributed by atoms with Gasteiger partial charge in [0.25, 0.3) is 0 Å². The van der Waals surface area contributed by atoms with Crippen molar-refractivity contribution in [2.45, 2.75) is 26.8 Å². The monoisotopic (exact) mass is 280 g/mol. The first-order valence-electron chi connectivity index (χ1n) is 6.42. The van der Waals surface area contributed by atoms with E-state index in [0.717, 1.165) is 31.3 Å². The molecule has 2 heterocycles. The summed E-state index contributed by atoms with van der Waals surface area (Å²) in [5.74, 6) is -0.488. The van der Waals surface area contributed by atoms with Gasteiger partial charge in [-0.15, -0.1) is 11.3 Å². The third-order valence-corrected chi connectivity index (χ3v) is 3.92. The van der Waals surface area contributed by atoms with Crippen molar-refractivity contribution in [3.05, 3.63) is 34.6 Å². The van der Waals surface area contributed by atoms with E-state index in [0.29, 0.717) is 10.6 Å². The maximum atomic E-state index is 13.7. The number of aromatic hydroxyl groups is 1. The van der Waals surface area contributed by atoms with E-state index in [1.54, 1.807) is 6.07 Å². The first-order chi connectivity index (χ1) is 9.24. The fourth-order valence-corrected chi connectivity index (χ4v) is 3.02. The van der Waals surface area contributed by atoms with Crippen LogP contribution in [0.3, 0.4) is 0 Å². The summed E-state index contributed by atoms with van der Waals surface area (Å²) >= 11 is 1.51. The SMILES string of the molecule is CC.Oc1ccc(-c2nc3c(s2)CNCC3)c(F)c1. The lowest BCUT2D eigenvalue weighted by molar-refractivity contribution is 0.469. The molecule has 3 rings (SSSR count). The van der Waals surface area contributed by atoms with Crippen molar-refractivity contribution in [1.29, 1.82) is 0 Å². The van der Waals surface area contributed by atoms with Crippen LogP contribution in [0.1, 0.15) is 24.4 Å². The van der Waals surface area contributed by atoms with Crippen molar-refractivity contribution in [2.24, 2.45) is 0 Å². The van der Waals surface area contributed by atoms with Gasteiger partial charge >= 0.3 is 0 Å². The van der Waals surface area contributed by atoms with Gasteiger partial charge in [0.05, 0.1) is 5.69 Å². The molecule has 2 N–H and O–H groups in total. The lowest BCUT2D eigenvalue weighted by Gasteiger charge is -2.09. The molecule has 5 heteroatoms. The predicted octanol–water partition coefficient (Wildman–Crippen LogP) is 3.33. The third kappa shape index (κ3) is 2.93. The molecular weight excluding hydrogens is 263 g/mol. The molecule has 0 spiro atoms. The number of benzene rings is 1. The Morgan fingerprint density at radius 3 is 2.84 bits per heavy atom. The summed E-state index contributed by atoms with van der Waals surface area (Å²) in [6, 6.07) is 4.17. The van der Waals surface area contributed by atoms with Crippen LogP contribution in [0.4, 0.5) is 4.39 Å². The minimum atomic E-state index is -0.427. The highest BCUT2D eigenvalue weighted by atomic mass is 32.1. The lowest BCUT2D eigenvalue weighted by Crippen LogP contribution is -2.22. The normalized spacial score (nSPS) is 13.4. The number of nitrogens with one attached hydrogen (secondary N) is 1. The quantitative estimate of drug-likeness (QED) is 0.842. The number of thiazole rings is 1. The molecule has 2 aromatic rings. The van der Waals surface area contributed by atoms with Crippen LogP contribution in [0.15, 0.2) is 18.2 Å². The molecule has 0 radical (unpaired) electrons. The smallest absolute Gasteiger partial charge is 0.137 e. The van der Waals surface area contributed by atoms with Crippen molar-refractivity contribution < 1.29 is 9.50 Å². The zero-order chi connectivity index (χ0) is 13.8. The Balaban J connectivity index is 0.000000637. The van der Waals surface area contributed by atoms with Crippen molar-refractivity contribution in [2.75, 3.05) is 6.54 Å². The number of phenolic OH excluding ortho intramolecular Hbond substituents is 1. The fourth-order valence-electron chi connectivity index (χ4n) is 1.92. The van der Waals surface area contributed by atoms with Crippen molar-refractivity contribution in [1.82, 2.24) is 10.3 Å². The summed E-state index contributed by atoms with van der Waals surface area (Å²) in [4.78, 5) is 5.65. The van der Waals surface area contributed by atoms with Crippen LogP contribution in [0.5, 0.6) is 5.75 Å². The van der Waals surface area contributed by atoms with Gasteiger partial charge in [-0.2, -0.15) is 0 Å². The number of hydrogen-bond acceptors (Lipinski definition) is 4. The first-order valence-corrected chi connectivity index (χ1v) is 7.24. The Morgan fingerprint density at radius 2 is 2.16 bits per heavy atom. The minimum Gasteiger partial charge on any atom is -0.508 e. The Morgan fingerprint density at radius 1 is 1.37 bits per heavy atom. The van der Waals surface area contributed by atoms with Gasteiger partial charge in [-0.05, 0) is 12.1 Å². The molecule has 1 aromatic heterocycles. The number of halogens is 1. The van der Waals surface area contributed by atoms with Crippen LogP contribution >= 0.6 is 11.3 Å². The average Bonchev–Trinajstić information content (AvgIpc) is 2.84. The summed E-state index contributed by atoms with van der Waals surface area (Å²) in [7, 11) is 0. The van der Waals surface area contributed by atoms with E-state index >= 15 is 0 Å². The van der Waals surface area contributed by atoms with Crippen LogP contribution in [-0.4, -0.2) is 16.6 Å². The van der Waals surface area contributed by atoms with Gasteiger partial charge in [0, 0.05) is 36.0 Å². The first kappa shape index (κ1) is 14.0. The molecule has 1 aromatic carbocycles. The molecule has 1 aliphatic heterocycles. The molecule has 19 heavy (non-hydrogen) atoms. The number of phenols is 1. The van der Waals surface area contributed by atoms with Gasteiger partial charge < -0.3 is 10.4 Å². The lowest BCUT2D eigenvalue weighted by atomic mass is 10.2. The maximum Gasteiger partial charge on any atom is 0.137 e. The van der Waals surface area contributed by atoms with Crippen LogP contribution in [0, 0.1) is 5.82 Å². The fraction of sp³-hybridized carbons (Fsp3) is 0.357. The molecule has 0 saturated carbocycles. The number of rotatable bonds is 1. The zero-order valence-corrected chi connectivity index (χ0v) is 11.9. The van der Waals surface area contributed by atoms with Gasteiger partial charge in [-0.1, -0.05) is 13.8 Å². The van der Waals surface area contributed by atoms with E-state index in [-0.39, 0.29) is 5.75 Å². The molecule has 0 atom stereocenters. The van der Waals surface area contributed by atoms with Gasteiger partial charge in [-0.3, -0.25) is 0 Å². The Hall–Kier alpha value is -1.46. The molecule has 102 valence electrons. The van der Waals surface area contributed by atoms with E-state index in [1.807, 2.05) is 13.8 Å². The van der Waals surface area contributed by atoms with Crippen molar-refractivity contribution in [3.63, 3.8) is 0 Å². The second-order valence-corrected chi connectivity index (χ2v) is 5.06. The van der Waals surface area contributed by atoms with E-state index < -0.39 is 5.82 Å². The molecule has 0 bridgehead atoms. The highest BCUT2D eigenvalue weighted by Gasteiger charge is 2.17. The predicted molar refractivity (Wildman–Crippen MR) is 75.9 cm³/mol. The van der Waals surface area contributed by atoms with E-state index in [1.165, 1.54) is 22.3 Å². The van der Waals surface area contributed by atoms with Crippen molar-refractivity contribution in [3.8, 4) is 16.3 Å². The minimum absolute atomic E-state index is 0.0609. The summed E-state index contributed by atoms with van der Waals surface area (Å²) in [6.07, 6.45) is 0.894. The van der Waals surface area contributed by atoms with Gasteiger partial charge in [0.1, 0.15) is 16.6 Å². The van der Waals surface area contributed by atoms with Crippen LogP contribution in [0.2, 0.25) is 0 Å². The molecule has 0 aliphatic carbocycles. The molecule has 0 saturated heterocycles. The molecule has 0 amide bonds. The topological polar surface area (TPSA) is 45.2 Å². The average molecular weight is 280 g/mol. The molecular formula is C14H17FN2OS. The number of fused-ring (bicyclic) bond motifs is 1. The standard InChI is InChI=1S/C12H11FN2OS.C2H6/c13-9-5-7(16)1-2-8(9)12-15-10-3-4-14-6-11(10)17-12;1-2/h1-2,5,14,16H,3-4,6H2;1-2H3. The van der Waals surface area contributed by atoms with Crippen molar-refractivity contribution >= 4 is 11.3 Å². The third-order valence-electron chi connectivity index (χ3n) is 2.79. The molecule has 1 aliphatic rings. The Labute approximate surface area is 116 Å². The number of nitrogens with zero attached hydrogens (tertiary/aromatic N) is 1. The van der Waals surface area contributed by atoms with Gasteiger partial charge in [0.2, 0.25) is 0 Å². The number of hydrogen-bond donors (Lipinski definition) is 2. The van der Waals surface area contributed by atoms with Crippen LogP contribution in [-0.2, 0) is 13.0 Å². The molecule has 3 nitrogen and oxygen atoms in total. The maximum absolute atomic E-state index is 13.7. The Bertz CT molecular complexity index is 545. The summed E-state index contributed by atoms with van der Waals surface area (Å²) in [6.45, 7) is 5.74. The summed E-state index contributed by atoms with van der Waals surface area (Å²) in [5, 5.41) is 13.1. The van der Waals surface area contributed by atoms with E-state index in [2.05, 4.69) is 10.3 Å². The highest BCUT2D eigenvalue weighted by Crippen LogP contribution is 2.32. The molecule has 0 unspecified atom stereocenters. The highest BCUT2D eigenvalue weighted by molar-refractivity contribution is 7.15. The van der Waals surface area contributed by atoms with E-state index in [4.69, 9.17) is 0 Å². The number of aromatic nitrogens is 1. The largest absolute Gasteiger partial charge is 0.508 e. The summed E-state index contributed by atoms with van der Waals surface area (Å²) < 4.78 is 13.7. The molecule has 0 fully saturated rings. The van der Waals surface area contributed by atoms with Crippen LogP contribution in [0.25, 0.3) is 10.6 Å². The van der Waals surface area contributed by atoms with Crippen LogP contribution < -0.4 is 5.32 Å². The van der Waals surface area contributed by atoms with Gasteiger partial charge in [-0.25, -0.2) is 9.37 Å². The zero-order valence-electron chi connectivity index (χ0n) is 11.0.